The molecule has 0 aromatic heterocycles. The summed E-state index contributed by atoms with van der Waals surface area (Å²) in [7, 11) is 0. The third kappa shape index (κ3) is 5.13. The van der Waals surface area contributed by atoms with E-state index in [0.29, 0.717) is 11.3 Å². The molecule has 0 aliphatic carbocycles. The zero-order chi connectivity index (χ0) is 12.8. The normalized spacial score (nSPS) is 14.6. The molecular weight excluding hydrogens is 226 g/mol. The van der Waals surface area contributed by atoms with Gasteiger partial charge in [-0.05, 0) is 32.9 Å². The monoisotopic (exact) mass is 251 g/mol. The molecule has 1 rings (SSSR count). The van der Waals surface area contributed by atoms with Gasteiger partial charge in [0.15, 0.2) is 0 Å². The van der Waals surface area contributed by atoms with Crippen molar-refractivity contribution in [2.75, 3.05) is 6.54 Å². The Balaban J connectivity index is 2.49. The number of nitrogens with one attached hydrogen (secondary N) is 1. The summed E-state index contributed by atoms with van der Waals surface area (Å²) < 4.78 is 0. The van der Waals surface area contributed by atoms with E-state index in [1.807, 2.05) is 11.8 Å². The molecule has 1 N–H and O–H groups in total. The highest BCUT2D eigenvalue weighted by molar-refractivity contribution is 7.99. The zero-order valence-corrected chi connectivity index (χ0v) is 12.5. The number of rotatable bonds is 6. The smallest absolute Gasteiger partial charge is 0.0188 e. The van der Waals surface area contributed by atoms with Gasteiger partial charge in [0, 0.05) is 17.0 Å². The van der Waals surface area contributed by atoms with E-state index in [4.69, 9.17) is 0 Å². The third-order valence-electron chi connectivity index (χ3n) is 3.02. The first-order valence-electron chi connectivity index (χ1n) is 6.45. The highest BCUT2D eigenvalue weighted by Gasteiger charge is 2.11. The first kappa shape index (κ1) is 14.6. The Labute approximate surface area is 110 Å². The molecule has 17 heavy (non-hydrogen) atoms. The average molecular weight is 251 g/mol. The zero-order valence-electron chi connectivity index (χ0n) is 11.7. The molecule has 2 heteroatoms. The predicted octanol–water partition coefficient (Wildman–Crippen LogP) is 3.92. The van der Waals surface area contributed by atoms with Crippen molar-refractivity contribution >= 4 is 11.8 Å². The highest BCUT2D eigenvalue weighted by atomic mass is 32.2. The van der Waals surface area contributed by atoms with Gasteiger partial charge in [0.25, 0.3) is 0 Å². The molecule has 96 valence electrons. The number of hydrogen-bond donors (Lipinski definition) is 1. The Bertz CT molecular complexity index is 329. The van der Waals surface area contributed by atoms with Crippen molar-refractivity contribution in [3.8, 4) is 0 Å². The number of hydrogen-bond acceptors (Lipinski definition) is 2. The fourth-order valence-corrected chi connectivity index (χ4v) is 3.02. The highest BCUT2D eigenvalue weighted by Crippen LogP contribution is 2.21. The lowest BCUT2D eigenvalue weighted by atomic mass is 10.1. The lowest BCUT2D eigenvalue weighted by Gasteiger charge is -2.20. The van der Waals surface area contributed by atoms with E-state index >= 15 is 0 Å². The maximum Gasteiger partial charge on any atom is 0.0188 e. The van der Waals surface area contributed by atoms with Crippen LogP contribution in [0.2, 0.25) is 0 Å². The van der Waals surface area contributed by atoms with Crippen LogP contribution in [-0.4, -0.2) is 17.8 Å². The van der Waals surface area contributed by atoms with E-state index < -0.39 is 0 Å². The van der Waals surface area contributed by atoms with Gasteiger partial charge in [-0.1, -0.05) is 43.2 Å². The van der Waals surface area contributed by atoms with Crippen molar-refractivity contribution < 1.29 is 0 Å². The van der Waals surface area contributed by atoms with Gasteiger partial charge >= 0.3 is 0 Å². The predicted molar refractivity (Wildman–Crippen MR) is 79.8 cm³/mol. The number of thioether (sulfide) groups is 1. The Hall–Kier alpha value is -0.470. The summed E-state index contributed by atoms with van der Waals surface area (Å²) in [5, 5.41) is 4.13. The van der Waals surface area contributed by atoms with Crippen molar-refractivity contribution in [2.24, 2.45) is 0 Å². The standard InChI is InChI=1S/C15H25NS/c1-6-16-13(4)14(5)17-10-15-8-11(2)7-12(3)9-15/h7-9,13-14,16H,6,10H2,1-5H3. The van der Waals surface area contributed by atoms with Gasteiger partial charge in [0.2, 0.25) is 0 Å². The Morgan fingerprint density at radius 2 is 1.71 bits per heavy atom. The number of benzene rings is 1. The van der Waals surface area contributed by atoms with Gasteiger partial charge in [-0.2, -0.15) is 11.8 Å². The molecule has 0 bridgehead atoms. The van der Waals surface area contributed by atoms with Crippen LogP contribution < -0.4 is 5.32 Å². The van der Waals surface area contributed by atoms with Crippen molar-refractivity contribution in [1.82, 2.24) is 5.32 Å². The summed E-state index contributed by atoms with van der Waals surface area (Å²) in [6, 6.07) is 7.41. The maximum absolute atomic E-state index is 3.48. The fourth-order valence-electron chi connectivity index (χ4n) is 2.01. The summed E-state index contributed by atoms with van der Waals surface area (Å²) in [5.41, 5.74) is 4.18. The van der Waals surface area contributed by atoms with Crippen molar-refractivity contribution in [3.05, 3.63) is 34.9 Å². The molecule has 0 spiro atoms. The maximum atomic E-state index is 3.48. The van der Waals surface area contributed by atoms with E-state index in [-0.39, 0.29) is 0 Å². The van der Waals surface area contributed by atoms with Crippen LogP contribution in [0.25, 0.3) is 0 Å². The molecule has 1 nitrogen and oxygen atoms in total. The Kier molecular flexibility index (Phi) is 6.07. The second-order valence-electron chi connectivity index (χ2n) is 4.86. The first-order valence-corrected chi connectivity index (χ1v) is 7.50. The molecule has 0 aliphatic heterocycles. The van der Waals surface area contributed by atoms with Crippen LogP contribution in [0.4, 0.5) is 0 Å². The molecule has 1 aromatic rings. The second-order valence-corrected chi connectivity index (χ2v) is 6.22. The van der Waals surface area contributed by atoms with Gasteiger partial charge in [-0.25, -0.2) is 0 Å². The van der Waals surface area contributed by atoms with E-state index in [2.05, 4.69) is 58.1 Å². The van der Waals surface area contributed by atoms with Gasteiger partial charge < -0.3 is 5.32 Å². The molecule has 0 saturated carbocycles. The SMILES string of the molecule is CCNC(C)C(C)SCc1cc(C)cc(C)c1. The number of aryl methyl sites for hydroxylation is 2. The van der Waals surface area contributed by atoms with Crippen LogP contribution in [0.5, 0.6) is 0 Å². The average Bonchev–Trinajstić information content (AvgIpc) is 2.25. The summed E-state index contributed by atoms with van der Waals surface area (Å²) in [6.07, 6.45) is 0. The van der Waals surface area contributed by atoms with Gasteiger partial charge in [-0.15, -0.1) is 0 Å². The topological polar surface area (TPSA) is 12.0 Å². The molecule has 2 unspecified atom stereocenters. The largest absolute Gasteiger partial charge is 0.313 e. The van der Waals surface area contributed by atoms with E-state index in [9.17, 15) is 0 Å². The lowest BCUT2D eigenvalue weighted by Crippen LogP contribution is -2.33. The molecule has 2 atom stereocenters. The molecule has 0 aliphatic rings. The van der Waals surface area contributed by atoms with Crippen LogP contribution >= 0.6 is 11.8 Å². The van der Waals surface area contributed by atoms with Crippen molar-refractivity contribution in [2.45, 2.75) is 51.7 Å². The molecule has 0 fully saturated rings. The van der Waals surface area contributed by atoms with Crippen LogP contribution in [0.3, 0.4) is 0 Å². The summed E-state index contributed by atoms with van der Waals surface area (Å²) in [4.78, 5) is 0. The van der Waals surface area contributed by atoms with E-state index in [1.54, 1.807) is 0 Å². The molecule has 1 aromatic carbocycles. The van der Waals surface area contributed by atoms with Gasteiger partial charge in [-0.3, -0.25) is 0 Å². The summed E-state index contributed by atoms with van der Waals surface area (Å²) >= 11 is 2.03. The van der Waals surface area contributed by atoms with Crippen molar-refractivity contribution in [1.29, 1.82) is 0 Å². The molecular formula is C15H25NS. The minimum atomic E-state index is 0.580. The minimum Gasteiger partial charge on any atom is -0.313 e. The fraction of sp³-hybridized carbons (Fsp3) is 0.600. The molecule has 0 amide bonds. The van der Waals surface area contributed by atoms with Crippen LogP contribution in [0.1, 0.15) is 37.5 Å². The molecule has 0 heterocycles. The first-order chi connectivity index (χ1) is 8.02. The quantitative estimate of drug-likeness (QED) is 0.822. The molecule has 0 saturated heterocycles. The summed E-state index contributed by atoms with van der Waals surface area (Å²) in [5.74, 6) is 1.11. The van der Waals surface area contributed by atoms with Crippen molar-refractivity contribution in [3.63, 3.8) is 0 Å². The van der Waals surface area contributed by atoms with Crippen LogP contribution in [0.15, 0.2) is 18.2 Å². The van der Waals surface area contributed by atoms with Gasteiger partial charge in [0.05, 0.1) is 0 Å². The van der Waals surface area contributed by atoms with Crippen LogP contribution in [-0.2, 0) is 5.75 Å². The lowest BCUT2D eigenvalue weighted by molar-refractivity contribution is 0.563. The summed E-state index contributed by atoms with van der Waals surface area (Å²) in [6.45, 7) is 12.1. The van der Waals surface area contributed by atoms with Gasteiger partial charge in [0.1, 0.15) is 0 Å². The third-order valence-corrected chi connectivity index (χ3v) is 4.46. The second kappa shape index (κ2) is 7.07. The Morgan fingerprint density at radius 3 is 2.24 bits per heavy atom. The Morgan fingerprint density at radius 1 is 1.12 bits per heavy atom. The van der Waals surface area contributed by atoms with E-state index in [1.165, 1.54) is 16.7 Å². The molecule has 0 radical (unpaired) electrons. The van der Waals surface area contributed by atoms with E-state index in [0.717, 1.165) is 12.3 Å². The van der Waals surface area contributed by atoms with Crippen LogP contribution in [0, 0.1) is 13.8 Å². The minimum absolute atomic E-state index is 0.580.